The molecular formula is C10H12N4O2S. The molecule has 90 valence electrons. The third-order valence-electron chi connectivity index (χ3n) is 2.94. The number of hydrogen-bond donors (Lipinski definition) is 0. The molecule has 2 aromatic rings. The zero-order chi connectivity index (χ0) is 11.9. The molecule has 0 spiro atoms. The number of sulfone groups is 1. The molecule has 1 saturated heterocycles. The normalized spacial score (nSPS) is 19.6. The van der Waals surface area contributed by atoms with Crippen molar-refractivity contribution in [1.29, 1.82) is 0 Å². The molecule has 7 heteroatoms. The molecule has 0 amide bonds. The number of hydrogen-bond acceptors (Lipinski definition) is 5. The molecule has 0 saturated carbocycles. The van der Waals surface area contributed by atoms with Crippen LogP contribution in [0.25, 0.3) is 5.65 Å². The summed E-state index contributed by atoms with van der Waals surface area (Å²) in [5, 5.41) is 0. The van der Waals surface area contributed by atoms with Gasteiger partial charge in [0.25, 0.3) is 0 Å². The minimum Gasteiger partial charge on any atom is -0.351 e. The van der Waals surface area contributed by atoms with Crippen LogP contribution < -0.4 is 4.90 Å². The Morgan fingerprint density at radius 3 is 2.41 bits per heavy atom. The summed E-state index contributed by atoms with van der Waals surface area (Å²) in [7, 11) is -2.86. The molecule has 17 heavy (non-hydrogen) atoms. The summed E-state index contributed by atoms with van der Waals surface area (Å²) in [6.07, 6.45) is 7.09. The number of aromatic nitrogens is 3. The lowest BCUT2D eigenvalue weighted by Crippen LogP contribution is -2.40. The Hall–Kier alpha value is -1.63. The van der Waals surface area contributed by atoms with Crippen molar-refractivity contribution in [2.45, 2.75) is 0 Å². The van der Waals surface area contributed by atoms with Crippen LogP contribution in [0.4, 0.5) is 5.82 Å². The average molecular weight is 252 g/mol. The molecule has 0 radical (unpaired) electrons. The first-order valence-electron chi connectivity index (χ1n) is 5.39. The Morgan fingerprint density at radius 2 is 1.71 bits per heavy atom. The first-order chi connectivity index (χ1) is 8.16. The van der Waals surface area contributed by atoms with E-state index in [1.807, 2.05) is 21.7 Å². The number of imidazole rings is 1. The van der Waals surface area contributed by atoms with Crippen molar-refractivity contribution >= 4 is 21.3 Å². The van der Waals surface area contributed by atoms with Crippen LogP contribution in [0.15, 0.2) is 24.8 Å². The highest BCUT2D eigenvalue weighted by Crippen LogP contribution is 2.18. The lowest BCUT2D eigenvalue weighted by Gasteiger charge is -2.27. The zero-order valence-corrected chi connectivity index (χ0v) is 9.97. The summed E-state index contributed by atoms with van der Waals surface area (Å²) < 4.78 is 24.6. The predicted molar refractivity (Wildman–Crippen MR) is 63.9 cm³/mol. The monoisotopic (exact) mass is 252 g/mol. The van der Waals surface area contributed by atoms with Gasteiger partial charge in [-0.2, -0.15) is 0 Å². The lowest BCUT2D eigenvalue weighted by molar-refractivity contribution is 0.586. The van der Waals surface area contributed by atoms with Crippen molar-refractivity contribution in [3.63, 3.8) is 0 Å². The highest BCUT2D eigenvalue weighted by molar-refractivity contribution is 7.91. The largest absolute Gasteiger partial charge is 0.351 e. The van der Waals surface area contributed by atoms with Gasteiger partial charge in [-0.05, 0) is 0 Å². The highest BCUT2D eigenvalue weighted by Gasteiger charge is 2.23. The standard InChI is InChI=1S/C10H12N4O2S/c15-17(16)7-5-14(6-8-17)10-9-11-1-3-13(9)4-2-12-10/h1-4H,5-8H2. The smallest absolute Gasteiger partial charge is 0.180 e. The molecule has 0 aromatic carbocycles. The minimum atomic E-state index is -2.86. The fourth-order valence-electron chi connectivity index (χ4n) is 1.99. The minimum absolute atomic E-state index is 0.191. The number of rotatable bonds is 1. The second kappa shape index (κ2) is 3.69. The van der Waals surface area contributed by atoms with E-state index < -0.39 is 9.84 Å². The number of nitrogens with zero attached hydrogens (tertiary/aromatic N) is 4. The zero-order valence-electron chi connectivity index (χ0n) is 9.15. The van der Waals surface area contributed by atoms with E-state index in [-0.39, 0.29) is 11.5 Å². The number of fused-ring (bicyclic) bond motifs is 1. The number of anilines is 1. The van der Waals surface area contributed by atoms with Gasteiger partial charge in [-0.1, -0.05) is 0 Å². The van der Waals surface area contributed by atoms with Gasteiger partial charge in [0, 0.05) is 37.9 Å². The van der Waals surface area contributed by atoms with Crippen LogP contribution in [0.1, 0.15) is 0 Å². The van der Waals surface area contributed by atoms with E-state index in [0.29, 0.717) is 13.1 Å². The molecule has 6 nitrogen and oxygen atoms in total. The van der Waals surface area contributed by atoms with Gasteiger partial charge in [-0.3, -0.25) is 0 Å². The van der Waals surface area contributed by atoms with E-state index in [1.165, 1.54) is 0 Å². The predicted octanol–water partition coefficient (Wildman–Crippen LogP) is -0.0359. The molecule has 0 N–H and O–H groups in total. The topological polar surface area (TPSA) is 67.6 Å². The second-order valence-corrected chi connectivity index (χ2v) is 6.35. The van der Waals surface area contributed by atoms with Crippen molar-refractivity contribution in [3.8, 4) is 0 Å². The maximum absolute atomic E-state index is 11.4. The first-order valence-corrected chi connectivity index (χ1v) is 7.21. The van der Waals surface area contributed by atoms with Crippen molar-refractivity contribution < 1.29 is 8.42 Å². The Bertz CT molecular complexity index is 635. The molecule has 2 aromatic heterocycles. The van der Waals surface area contributed by atoms with Crippen LogP contribution in [-0.2, 0) is 9.84 Å². The summed E-state index contributed by atoms with van der Waals surface area (Å²) in [5.74, 6) is 1.14. The van der Waals surface area contributed by atoms with Gasteiger partial charge >= 0.3 is 0 Å². The molecule has 1 aliphatic rings. The molecule has 1 fully saturated rings. The van der Waals surface area contributed by atoms with Gasteiger partial charge in [0.2, 0.25) is 0 Å². The Kier molecular flexibility index (Phi) is 2.29. The van der Waals surface area contributed by atoms with Crippen molar-refractivity contribution in [3.05, 3.63) is 24.8 Å². The van der Waals surface area contributed by atoms with Gasteiger partial charge in [-0.25, -0.2) is 18.4 Å². The van der Waals surface area contributed by atoms with Gasteiger partial charge in [0.05, 0.1) is 11.5 Å². The van der Waals surface area contributed by atoms with E-state index >= 15 is 0 Å². The Morgan fingerprint density at radius 1 is 1.06 bits per heavy atom. The van der Waals surface area contributed by atoms with E-state index in [9.17, 15) is 8.42 Å². The third-order valence-corrected chi connectivity index (χ3v) is 4.55. The fraction of sp³-hybridized carbons (Fsp3) is 0.400. The lowest BCUT2D eigenvalue weighted by atomic mass is 10.4. The Labute approximate surface area is 98.8 Å². The molecule has 3 heterocycles. The van der Waals surface area contributed by atoms with Gasteiger partial charge in [0.1, 0.15) is 0 Å². The quantitative estimate of drug-likeness (QED) is 0.712. The second-order valence-electron chi connectivity index (χ2n) is 4.05. The fourth-order valence-corrected chi connectivity index (χ4v) is 3.19. The van der Waals surface area contributed by atoms with Crippen LogP contribution >= 0.6 is 0 Å². The first kappa shape index (κ1) is 10.5. The molecule has 1 aliphatic heterocycles. The van der Waals surface area contributed by atoms with Crippen LogP contribution in [0.2, 0.25) is 0 Å². The Balaban J connectivity index is 1.97. The SMILES string of the molecule is O=S1(=O)CCN(c2nccn3ccnc23)CC1. The van der Waals surface area contributed by atoms with Crippen LogP contribution in [-0.4, -0.2) is 47.4 Å². The van der Waals surface area contributed by atoms with Crippen LogP contribution in [0, 0.1) is 0 Å². The third kappa shape index (κ3) is 1.86. The summed E-state index contributed by atoms with van der Waals surface area (Å²) in [4.78, 5) is 10.5. The van der Waals surface area contributed by atoms with Crippen LogP contribution in [0.5, 0.6) is 0 Å². The summed E-state index contributed by atoms with van der Waals surface area (Å²) in [6.45, 7) is 0.976. The molecule has 0 unspecified atom stereocenters. The van der Waals surface area contributed by atoms with Gasteiger partial charge < -0.3 is 9.30 Å². The summed E-state index contributed by atoms with van der Waals surface area (Å²) >= 11 is 0. The maximum Gasteiger partial charge on any atom is 0.180 e. The summed E-state index contributed by atoms with van der Waals surface area (Å²) in [5.41, 5.74) is 0.770. The highest BCUT2D eigenvalue weighted by atomic mass is 32.2. The van der Waals surface area contributed by atoms with Gasteiger partial charge in [0.15, 0.2) is 21.3 Å². The maximum atomic E-state index is 11.4. The van der Waals surface area contributed by atoms with E-state index in [4.69, 9.17) is 0 Å². The average Bonchev–Trinajstić information content (AvgIpc) is 2.77. The molecule has 0 bridgehead atoms. The molecular weight excluding hydrogens is 240 g/mol. The van der Waals surface area contributed by atoms with E-state index in [2.05, 4.69) is 9.97 Å². The van der Waals surface area contributed by atoms with Gasteiger partial charge in [-0.15, -0.1) is 0 Å². The van der Waals surface area contributed by atoms with E-state index in [1.54, 1.807) is 12.4 Å². The molecule has 3 rings (SSSR count). The van der Waals surface area contributed by atoms with Crippen molar-refractivity contribution in [2.24, 2.45) is 0 Å². The molecule has 0 atom stereocenters. The van der Waals surface area contributed by atoms with Crippen molar-refractivity contribution in [2.75, 3.05) is 29.5 Å². The molecule has 0 aliphatic carbocycles. The van der Waals surface area contributed by atoms with E-state index in [0.717, 1.165) is 11.5 Å². The van der Waals surface area contributed by atoms with Crippen LogP contribution in [0.3, 0.4) is 0 Å². The van der Waals surface area contributed by atoms with Crippen molar-refractivity contribution in [1.82, 2.24) is 14.4 Å². The summed E-state index contributed by atoms with van der Waals surface area (Å²) in [6, 6.07) is 0.